The first kappa shape index (κ1) is 12.0. The van der Waals surface area contributed by atoms with Gasteiger partial charge in [-0.25, -0.2) is 4.98 Å². The molecule has 16 heavy (non-hydrogen) atoms. The van der Waals surface area contributed by atoms with Gasteiger partial charge in [-0.2, -0.15) is 0 Å². The van der Waals surface area contributed by atoms with Crippen LogP contribution in [0, 0.1) is 0 Å². The quantitative estimate of drug-likeness (QED) is 0.778. The van der Waals surface area contributed by atoms with Crippen LogP contribution in [0.25, 0.3) is 0 Å². The van der Waals surface area contributed by atoms with Gasteiger partial charge in [0, 0.05) is 20.3 Å². The van der Waals surface area contributed by atoms with Crippen LogP contribution in [0.15, 0.2) is 24.9 Å². The van der Waals surface area contributed by atoms with Gasteiger partial charge in [-0.15, -0.1) is 0 Å². The molecule has 0 unspecified atom stereocenters. The average Bonchev–Trinajstić information content (AvgIpc) is 2.28. The van der Waals surface area contributed by atoms with Crippen molar-refractivity contribution in [3.63, 3.8) is 0 Å². The van der Waals surface area contributed by atoms with E-state index in [0.29, 0.717) is 11.6 Å². The van der Waals surface area contributed by atoms with E-state index in [1.54, 1.807) is 12.3 Å². The average molecular weight is 221 g/mol. The number of aromatic nitrogens is 1. The van der Waals surface area contributed by atoms with Gasteiger partial charge in [-0.1, -0.05) is 6.58 Å². The largest absolute Gasteiger partial charge is 0.479 e. The summed E-state index contributed by atoms with van der Waals surface area (Å²) in [6, 6.07) is 1.79. The molecular weight excluding hydrogens is 206 g/mol. The summed E-state index contributed by atoms with van der Waals surface area (Å²) >= 11 is 0. The van der Waals surface area contributed by atoms with E-state index >= 15 is 0 Å². The minimum Gasteiger partial charge on any atom is -0.479 e. The topological polar surface area (TPSA) is 54.5 Å². The lowest BCUT2D eigenvalue weighted by Gasteiger charge is -2.18. The Morgan fingerprint density at radius 2 is 2.31 bits per heavy atom. The third kappa shape index (κ3) is 2.50. The molecule has 0 spiro atoms. The molecule has 0 aromatic carbocycles. The maximum absolute atomic E-state index is 11.3. The van der Waals surface area contributed by atoms with Gasteiger partial charge in [-0.05, 0) is 12.1 Å². The normalized spacial score (nSPS) is 9.44. The van der Waals surface area contributed by atoms with E-state index in [1.165, 1.54) is 13.2 Å². The highest BCUT2D eigenvalue weighted by atomic mass is 16.5. The summed E-state index contributed by atoms with van der Waals surface area (Å²) in [5, 5.41) is 2.67. The zero-order valence-electron chi connectivity index (χ0n) is 9.65. The van der Waals surface area contributed by atoms with Gasteiger partial charge in [0.05, 0.1) is 12.8 Å². The van der Waals surface area contributed by atoms with E-state index in [-0.39, 0.29) is 5.91 Å². The summed E-state index contributed by atoms with van der Waals surface area (Å²) in [5.41, 5.74) is 1.36. The first-order valence-corrected chi connectivity index (χ1v) is 4.74. The minimum atomic E-state index is -0.297. The minimum absolute atomic E-state index is 0.297. The molecule has 0 aliphatic carbocycles. The van der Waals surface area contributed by atoms with Crippen molar-refractivity contribution in [2.75, 3.05) is 31.4 Å². The molecule has 0 fully saturated rings. The lowest BCUT2D eigenvalue weighted by atomic mass is 10.3. The molecule has 1 aromatic heterocycles. The number of anilines is 2. The molecule has 5 heteroatoms. The molecule has 0 saturated heterocycles. The van der Waals surface area contributed by atoms with Gasteiger partial charge in [0.2, 0.25) is 11.8 Å². The van der Waals surface area contributed by atoms with Crippen molar-refractivity contribution in [1.82, 2.24) is 4.98 Å². The van der Waals surface area contributed by atoms with Gasteiger partial charge < -0.3 is 15.0 Å². The molecule has 0 radical (unpaired) electrons. The van der Waals surface area contributed by atoms with Crippen LogP contribution in [0.3, 0.4) is 0 Å². The number of carbonyl (C=O) groups is 1. The number of hydrogen-bond donors (Lipinski definition) is 1. The number of pyridine rings is 1. The fourth-order valence-electron chi connectivity index (χ4n) is 1.25. The summed E-state index contributed by atoms with van der Waals surface area (Å²) in [5.74, 6) is 0.0794. The Bertz CT molecular complexity index is 402. The van der Waals surface area contributed by atoms with Gasteiger partial charge in [0.25, 0.3) is 0 Å². The molecule has 0 atom stereocenters. The third-order valence-electron chi connectivity index (χ3n) is 2.00. The van der Waals surface area contributed by atoms with E-state index in [1.807, 2.05) is 19.0 Å². The number of hydrogen-bond acceptors (Lipinski definition) is 4. The molecule has 1 heterocycles. The zero-order valence-corrected chi connectivity index (χ0v) is 9.65. The Kier molecular flexibility index (Phi) is 3.88. The predicted molar refractivity (Wildman–Crippen MR) is 63.9 cm³/mol. The van der Waals surface area contributed by atoms with Gasteiger partial charge in [0.15, 0.2) is 0 Å². The van der Waals surface area contributed by atoms with Crippen molar-refractivity contribution in [2.24, 2.45) is 0 Å². The molecule has 86 valence electrons. The second-order valence-electron chi connectivity index (χ2n) is 3.30. The van der Waals surface area contributed by atoms with Gasteiger partial charge >= 0.3 is 0 Å². The highest BCUT2D eigenvalue weighted by Crippen LogP contribution is 2.31. The number of nitrogens with one attached hydrogen (secondary N) is 1. The van der Waals surface area contributed by atoms with E-state index in [9.17, 15) is 4.79 Å². The molecule has 1 rings (SSSR count). The molecule has 0 saturated carbocycles. The number of rotatable bonds is 4. The zero-order chi connectivity index (χ0) is 12.1. The first-order valence-electron chi connectivity index (χ1n) is 4.74. The maximum atomic E-state index is 11.3. The third-order valence-corrected chi connectivity index (χ3v) is 2.00. The maximum Gasteiger partial charge on any atom is 0.247 e. The van der Waals surface area contributed by atoms with Crippen LogP contribution in [0.2, 0.25) is 0 Å². The highest BCUT2D eigenvalue weighted by molar-refractivity contribution is 6.02. The van der Waals surface area contributed by atoms with Crippen molar-refractivity contribution in [3.8, 4) is 5.88 Å². The standard InChI is InChI=1S/C11H15N3O2/c1-5-9(15)13-10-8(14(2)3)6-7-12-11(10)16-4/h5-7H,1H2,2-4H3,(H,13,15). The summed E-state index contributed by atoms with van der Waals surface area (Å²) in [6.45, 7) is 3.40. The fourth-order valence-corrected chi connectivity index (χ4v) is 1.25. The number of nitrogens with zero attached hydrogens (tertiary/aromatic N) is 2. The van der Waals surface area contributed by atoms with E-state index in [0.717, 1.165) is 5.69 Å². The Morgan fingerprint density at radius 3 is 2.81 bits per heavy atom. The number of amides is 1. The number of methoxy groups -OCH3 is 1. The molecule has 0 bridgehead atoms. The van der Waals surface area contributed by atoms with Crippen LogP contribution >= 0.6 is 0 Å². The predicted octanol–water partition coefficient (Wildman–Crippen LogP) is 1.28. The van der Waals surface area contributed by atoms with Crippen LogP contribution in [0.1, 0.15) is 0 Å². The molecular formula is C11H15N3O2. The highest BCUT2D eigenvalue weighted by Gasteiger charge is 2.13. The van der Waals surface area contributed by atoms with E-state index < -0.39 is 0 Å². The van der Waals surface area contributed by atoms with Crippen molar-refractivity contribution >= 4 is 17.3 Å². The van der Waals surface area contributed by atoms with Crippen molar-refractivity contribution in [2.45, 2.75) is 0 Å². The smallest absolute Gasteiger partial charge is 0.247 e. The molecule has 0 aliphatic heterocycles. The molecule has 1 aromatic rings. The molecule has 5 nitrogen and oxygen atoms in total. The van der Waals surface area contributed by atoms with Crippen molar-refractivity contribution in [3.05, 3.63) is 24.9 Å². The van der Waals surface area contributed by atoms with Crippen molar-refractivity contribution in [1.29, 1.82) is 0 Å². The lowest BCUT2D eigenvalue weighted by molar-refractivity contribution is -0.111. The second kappa shape index (κ2) is 5.16. The fraction of sp³-hybridized carbons (Fsp3) is 0.273. The second-order valence-corrected chi connectivity index (χ2v) is 3.30. The Balaban J connectivity index is 3.19. The van der Waals surface area contributed by atoms with Crippen LogP contribution in [-0.4, -0.2) is 32.1 Å². The summed E-state index contributed by atoms with van der Waals surface area (Å²) in [7, 11) is 5.25. The SMILES string of the molecule is C=CC(=O)Nc1c(N(C)C)ccnc1OC. The van der Waals surface area contributed by atoms with E-state index in [2.05, 4.69) is 16.9 Å². The Morgan fingerprint density at radius 1 is 1.62 bits per heavy atom. The number of carbonyl (C=O) groups excluding carboxylic acids is 1. The summed E-state index contributed by atoms with van der Waals surface area (Å²) < 4.78 is 5.09. The Labute approximate surface area is 94.7 Å². The van der Waals surface area contributed by atoms with Crippen LogP contribution in [-0.2, 0) is 4.79 Å². The monoisotopic (exact) mass is 221 g/mol. The molecule has 0 aliphatic rings. The Hall–Kier alpha value is -2.04. The van der Waals surface area contributed by atoms with Crippen LogP contribution in [0.4, 0.5) is 11.4 Å². The molecule has 1 amide bonds. The summed E-state index contributed by atoms with van der Waals surface area (Å²) in [6.07, 6.45) is 2.82. The molecule has 1 N–H and O–H groups in total. The first-order chi connectivity index (χ1) is 7.60. The summed E-state index contributed by atoms with van der Waals surface area (Å²) in [4.78, 5) is 17.2. The van der Waals surface area contributed by atoms with Gasteiger partial charge in [-0.3, -0.25) is 4.79 Å². The lowest BCUT2D eigenvalue weighted by Crippen LogP contribution is -2.16. The van der Waals surface area contributed by atoms with Crippen LogP contribution < -0.4 is 15.0 Å². The van der Waals surface area contributed by atoms with Gasteiger partial charge in [0.1, 0.15) is 5.69 Å². The van der Waals surface area contributed by atoms with E-state index in [4.69, 9.17) is 4.74 Å². The number of ether oxygens (including phenoxy) is 1. The van der Waals surface area contributed by atoms with Crippen molar-refractivity contribution < 1.29 is 9.53 Å². The van der Waals surface area contributed by atoms with Crippen LogP contribution in [0.5, 0.6) is 5.88 Å².